The fourth-order valence-corrected chi connectivity index (χ4v) is 3.27. The summed E-state index contributed by atoms with van der Waals surface area (Å²) in [4.78, 5) is 11.9. The summed E-state index contributed by atoms with van der Waals surface area (Å²) < 4.78 is 18.5. The van der Waals surface area contributed by atoms with E-state index < -0.39 is 5.82 Å². The third-order valence-corrected chi connectivity index (χ3v) is 4.83. The van der Waals surface area contributed by atoms with E-state index in [4.69, 9.17) is 10.00 Å². The first kappa shape index (κ1) is 19.8. The fourth-order valence-electron chi connectivity index (χ4n) is 2.41. The van der Waals surface area contributed by atoms with E-state index in [1.807, 2.05) is 18.2 Å². The minimum absolute atomic E-state index is 0.0562. The van der Waals surface area contributed by atoms with Crippen LogP contribution in [0, 0.1) is 17.1 Å². The number of thioether (sulfide) groups is 1. The van der Waals surface area contributed by atoms with Crippen LogP contribution in [0.1, 0.15) is 23.1 Å². The number of hydrogen-bond acceptors (Lipinski definition) is 4. The summed E-state index contributed by atoms with van der Waals surface area (Å²) in [5.74, 6) is 1.24. The topological polar surface area (TPSA) is 62.1 Å². The smallest absolute Gasteiger partial charge is 0.220 e. The van der Waals surface area contributed by atoms with Crippen LogP contribution in [0.5, 0.6) is 5.75 Å². The SMILES string of the molecule is COc1ccc(CCC(=O)NCCSCc2ccccc2C#N)cc1F. The molecular formula is C20H21FN2O2S. The first-order valence-corrected chi connectivity index (χ1v) is 9.44. The Morgan fingerprint density at radius 1 is 1.31 bits per heavy atom. The van der Waals surface area contributed by atoms with Gasteiger partial charge in [-0.25, -0.2) is 4.39 Å². The Morgan fingerprint density at radius 3 is 2.85 bits per heavy atom. The van der Waals surface area contributed by atoms with Crippen LogP contribution in [0.4, 0.5) is 4.39 Å². The van der Waals surface area contributed by atoms with E-state index in [1.54, 1.807) is 30.0 Å². The van der Waals surface area contributed by atoms with Crippen LogP contribution in [-0.4, -0.2) is 25.3 Å². The van der Waals surface area contributed by atoms with Crippen molar-refractivity contribution in [2.75, 3.05) is 19.4 Å². The quantitative estimate of drug-likeness (QED) is 0.682. The van der Waals surface area contributed by atoms with E-state index in [2.05, 4.69) is 11.4 Å². The minimum Gasteiger partial charge on any atom is -0.494 e. The van der Waals surface area contributed by atoms with Crippen molar-refractivity contribution in [1.29, 1.82) is 5.26 Å². The zero-order chi connectivity index (χ0) is 18.8. The minimum atomic E-state index is -0.417. The molecule has 0 aliphatic heterocycles. The van der Waals surface area contributed by atoms with Gasteiger partial charge in [0.1, 0.15) is 0 Å². The summed E-state index contributed by atoms with van der Waals surface area (Å²) >= 11 is 1.67. The lowest BCUT2D eigenvalue weighted by Gasteiger charge is -2.07. The molecule has 1 amide bonds. The number of nitriles is 1. The maximum absolute atomic E-state index is 13.6. The third-order valence-electron chi connectivity index (χ3n) is 3.82. The van der Waals surface area contributed by atoms with Crippen LogP contribution in [0.3, 0.4) is 0 Å². The lowest BCUT2D eigenvalue weighted by atomic mass is 10.1. The number of halogens is 1. The van der Waals surface area contributed by atoms with Gasteiger partial charge < -0.3 is 10.1 Å². The number of amides is 1. The lowest BCUT2D eigenvalue weighted by molar-refractivity contribution is -0.120. The van der Waals surface area contributed by atoms with Crippen LogP contribution in [0.2, 0.25) is 0 Å². The normalized spacial score (nSPS) is 10.2. The molecule has 136 valence electrons. The average molecular weight is 372 g/mol. The van der Waals surface area contributed by atoms with Crippen molar-refractivity contribution >= 4 is 17.7 Å². The number of methoxy groups -OCH3 is 1. The predicted molar refractivity (Wildman–Crippen MR) is 102 cm³/mol. The van der Waals surface area contributed by atoms with E-state index in [-0.39, 0.29) is 11.7 Å². The second-order valence-electron chi connectivity index (χ2n) is 5.64. The molecule has 0 saturated carbocycles. The van der Waals surface area contributed by atoms with Gasteiger partial charge in [-0.1, -0.05) is 24.3 Å². The standard InChI is InChI=1S/C20H21FN2O2S/c1-25-19-8-6-15(12-18(19)21)7-9-20(24)23-10-11-26-14-17-5-3-2-4-16(17)13-22/h2-6,8,12H,7,9-11,14H2,1H3,(H,23,24). The number of carbonyl (C=O) groups excluding carboxylic acids is 1. The molecular weight excluding hydrogens is 351 g/mol. The molecule has 0 bridgehead atoms. The molecule has 4 nitrogen and oxygen atoms in total. The summed E-state index contributed by atoms with van der Waals surface area (Å²) in [7, 11) is 1.42. The predicted octanol–water partition coefficient (Wildman–Crippen LogP) is 3.69. The largest absolute Gasteiger partial charge is 0.494 e. The maximum atomic E-state index is 13.6. The third kappa shape index (κ3) is 6.08. The molecule has 6 heteroatoms. The molecule has 0 fully saturated rings. The summed E-state index contributed by atoms with van der Waals surface area (Å²) in [6, 6.07) is 14.4. The highest BCUT2D eigenvalue weighted by atomic mass is 32.2. The Morgan fingerprint density at radius 2 is 2.12 bits per heavy atom. The van der Waals surface area contributed by atoms with Crippen molar-refractivity contribution in [3.8, 4) is 11.8 Å². The van der Waals surface area contributed by atoms with E-state index in [0.29, 0.717) is 24.9 Å². The van der Waals surface area contributed by atoms with Crippen LogP contribution < -0.4 is 10.1 Å². The second-order valence-corrected chi connectivity index (χ2v) is 6.75. The van der Waals surface area contributed by atoms with Crippen molar-refractivity contribution in [2.24, 2.45) is 0 Å². The molecule has 0 unspecified atom stereocenters. The van der Waals surface area contributed by atoms with Crippen molar-refractivity contribution in [3.05, 3.63) is 65.0 Å². The van der Waals surface area contributed by atoms with Gasteiger partial charge in [0.05, 0.1) is 18.7 Å². The number of nitrogens with one attached hydrogen (secondary N) is 1. The molecule has 0 heterocycles. The first-order valence-electron chi connectivity index (χ1n) is 8.29. The summed E-state index contributed by atoms with van der Waals surface area (Å²) in [6.07, 6.45) is 0.795. The van der Waals surface area contributed by atoms with Crippen molar-refractivity contribution in [3.63, 3.8) is 0 Å². The van der Waals surface area contributed by atoms with Crippen LogP contribution in [-0.2, 0) is 17.0 Å². The highest BCUT2D eigenvalue weighted by molar-refractivity contribution is 7.98. The molecule has 2 aromatic carbocycles. The Bertz CT molecular complexity index is 790. The summed E-state index contributed by atoms with van der Waals surface area (Å²) in [5, 5.41) is 11.9. The molecule has 2 aromatic rings. The number of hydrogen-bond donors (Lipinski definition) is 1. The monoisotopic (exact) mass is 372 g/mol. The Labute approximate surface area is 157 Å². The second kappa shape index (κ2) is 10.5. The van der Waals surface area contributed by atoms with Gasteiger partial charge in [-0.3, -0.25) is 4.79 Å². The van der Waals surface area contributed by atoms with Crippen molar-refractivity contribution < 1.29 is 13.9 Å². The van der Waals surface area contributed by atoms with Gasteiger partial charge in [-0.2, -0.15) is 17.0 Å². The molecule has 0 atom stereocenters. The summed E-state index contributed by atoms with van der Waals surface area (Å²) in [5.41, 5.74) is 2.46. The van der Waals surface area contributed by atoms with E-state index in [0.717, 1.165) is 22.6 Å². The zero-order valence-electron chi connectivity index (χ0n) is 14.6. The number of ether oxygens (including phenoxy) is 1. The molecule has 0 radical (unpaired) electrons. The molecule has 0 spiro atoms. The number of carbonyl (C=O) groups is 1. The Balaban J connectivity index is 1.65. The summed E-state index contributed by atoms with van der Waals surface area (Å²) in [6.45, 7) is 0.565. The number of benzene rings is 2. The van der Waals surface area contributed by atoms with Gasteiger partial charge in [0, 0.05) is 24.5 Å². The average Bonchev–Trinajstić information content (AvgIpc) is 2.66. The number of rotatable bonds is 9. The molecule has 0 aliphatic carbocycles. The number of nitrogens with zero attached hydrogens (tertiary/aromatic N) is 1. The molecule has 26 heavy (non-hydrogen) atoms. The number of aryl methyl sites for hydroxylation is 1. The Hall–Kier alpha value is -2.52. The van der Waals surface area contributed by atoms with Gasteiger partial charge in [-0.05, 0) is 35.7 Å². The first-order chi connectivity index (χ1) is 12.6. The van der Waals surface area contributed by atoms with Gasteiger partial charge in [0.15, 0.2) is 11.6 Å². The highest BCUT2D eigenvalue weighted by Gasteiger charge is 2.06. The van der Waals surface area contributed by atoms with Gasteiger partial charge in [0.25, 0.3) is 0 Å². The molecule has 1 N–H and O–H groups in total. The van der Waals surface area contributed by atoms with Crippen molar-refractivity contribution in [2.45, 2.75) is 18.6 Å². The lowest BCUT2D eigenvalue weighted by Crippen LogP contribution is -2.25. The molecule has 0 aliphatic rings. The Kier molecular flexibility index (Phi) is 7.97. The maximum Gasteiger partial charge on any atom is 0.220 e. The molecule has 2 rings (SSSR count). The molecule has 0 aromatic heterocycles. The fraction of sp³-hybridized carbons (Fsp3) is 0.300. The van der Waals surface area contributed by atoms with Crippen molar-refractivity contribution in [1.82, 2.24) is 5.32 Å². The van der Waals surface area contributed by atoms with Gasteiger partial charge in [0.2, 0.25) is 5.91 Å². The van der Waals surface area contributed by atoms with E-state index >= 15 is 0 Å². The van der Waals surface area contributed by atoms with E-state index in [1.165, 1.54) is 13.2 Å². The van der Waals surface area contributed by atoms with Crippen LogP contribution in [0.25, 0.3) is 0 Å². The van der Waals surface area contributed by atoms with Crippen LogP contribution >= 0.6 is 11.8 Å². The van der Waals surface area contributed by atoms with Gasteiger partial charge in [-0.15, -0.1) is 0 Å². The van der Waals surface area contributed by atoms with Gasteiger partial charge >= 0.3 is 0 Å². The van der Waals surface area contributed by atoms with Crippen LogP contribution in [0.15, 0.2) is 42.5 Å². The van der Waals surface area contributed by atoms with E-state index in [9.17, 15) is 9.18 Å². The highest BCUT2D eigenvalue weighted by Crippen LogP contribution is 2.18. The molecule has 0 saturated heterocycles. The zero-order valence-corrected chi connectivity index (χ0v) is 15.4.